The summed E-state index contributed by atoms with van der Waals surface area (Å²) in [5.74, 6) is 0.581. The van der Waals surface area contributed by atoms with Gasteiger partial charge in [0.15, 0.2) is 0 Å². The zero-order chi connectivity index (χ0) is 14.7. The molecule has 0 aliphatic rings. The maximum atomic E-state index is 4.47. The van der Waals surface area contributed by atoms with Crippen molar-refractivity contribution in [2.45, 2.75) is 46.1 Å². The third-order valence-electron chi connectivity index (χ3n) is 3.72. The van der Waals surface area contributed by atoms with E-state index >= 15 is 0 Å². The number of nitrogens with one attached hydrogen (secondary N) is 1. The van der Waals surface area contributed by atoms with Gasteiger partial charge in [-0.1, -0.05) is 45.0 Å². The Morgan fingerprint density at radius 2 is 1.70 bits per heavy atom. The fraction of sp³-hybridized carbons (Fsp3) is 0.471. The smallest absolute Gasteiger partial charge is 0.0853 e. The van der Waals surface area contributed by atoms with Crippen LogP contribution in [0.4, 0.5) is 5.69 Å². The van der Waals surface area contributed by atoms with Crippen molar-refractivity contribution in [3.8, 4) is 0 Å². The summed E-state index contributed by atoms with van der Waals surface area (Å²) in [6, 6.07) is 9.17. The van der Waals surface area contributed by atoms with E-state index in [2.05, 4.69) is 68.6 Å². The van der Waals surface area contributed by atoms with E-state index in [0.717, 1.165) is 17.8 Å². The van der Waals surface area contributed by atoms with Crippen molar-refractivity contribution in [2.24, 2.45) is 7.05 Å². The number of hydrogen-bond acceptors (Lipinski definition) is 2. The Balaban J connectivity index is 2.13. The molecule has 0 bridgehead atoms. The van der Waals surface area contributed by atoms with Gasteiger partial charge in [0.05, 0.1) is 11.4 Å². The molecule has 0 aliphatic carbocycles. The zero-order valence-electron chi connectivity index (χ0n) is 13.1. The minimum absolute atomic E-state index is 0.283. The van der Waals surface area contributed by atoms with E-state index in [1.165, 1.54) is 11.1 Å². The molecular formula is C17H25N3. The van der Waals surface area contributed by atoms with Crippen LogP contribution in [0.15, 0.2) is 30.5 Å². The highest BCUT2D eigenvalue weighted by atomic mass is 15.3. The summed E-state index contributed by atoms with van der Waals surface area (Å²) >= 11 is 0. The van der Waals surface area contributed by atoms with Crippen molar-refractivity contribution < 1.29 is 0 Å². The topological polar surface area (TPSA) is 29.9 Å². The molecule has 1 unspecified atom stereocenters. The van der Waals surface area contributed by atoms with Crippen molar-refractivity contribution in [3.05, 3.63) is 47.3 Å². The molecule has 2 aromatic rings. The highest BCUT2D eigenvalue weighted by Gasteiger charge is 2.11. The van der Waals surface area contributed by atoms with Gasteiger partial charge in [-0.3, -0.25) is 4.68 Å². The molecule has 0 fully saturated rings. The summed E-state index contributed by atoms with van der Waals surface area (Å²) in [6.07, 6.45) is 3.00. The van der Waals surface area contributed by atoms with Gasteiger partial charge in [0.25, 0.3) is 0 Å². The first kappa shape index (κ1) is 14.6. The molecule has 20 heavy (non-hydrogen) atoms. The van der Waals surface area contributed by atoms with E-state index in [1.54, 1.807) is 0 Å². The molecule has 1 aromatic carbocycles. The average molecular weight is 271 g/mol. The summed E-state index contributed by atoms with van der Waals surface area (Å²) in [4.78, 5) is 0. The molecule has 1 atom stereocenters. The summed E-state index contributed by atoms with van der Waals surface area (Å²) in [5, 5.41) is 8.03. The molecule has 0 saturated carbocycles. The van der Waals surface area contributed by atoms with Gasteiger partial charge in [0.2, 0.25) is 0 Å². The lowest BCUT2D eigenvalue weighted by molar-refractivity contribution is 0.746. The lowest BCUT2D eigenvalue weighted by Gasteiger charge is -2.16. The number of benzene rings is 1. The summed E-state index contributed by atoms with van der Waals surface area (Å²) in [5.41, 5.74) is 4.95. The third-order valence-corrected chi connectivity index (χ3v) is 3.72. The number of anilines is 1. The summed E-state index contributed by atoms with van der Waals surface area (Å²) in [6.45, 7) is 8.77. The molecule has 0 aliphatic heterocycles. The number of rotatable bonds is 5. The predicted octanol–water partition coefficient (Wildman–Crippen LogP) is 4.28. The van der Waals surface area contributed by atoms with E-state index in [1.807, 2.05) is 11.7 Å². The van der Waals surface area contributed by atoms with Gasteiger partial charge >= 0.3 is 0 Å². The van der Waals surface area contributed by atoms with Crippen molar-refractivity contribution in [2.75, 3.05) is 5.32 Å². The van der Waals surface area contributed by atoms with Crippen LogP contribution in [0, 0.1) is 0 Å². The van der Waals surface area contributed by atoms with Gasteiger partial charge in [0.1, 0.15) is 0 Å². The van der Waals surface area contributed by atoms with Crippen LogP contribution < -0.4 is 5.32 Å². The number of aryl methyl sites for hydroxylation is 2. The molecule has 108 valence electrons. The molecule has 3 nitrogen and oxygen atoms in total. The lowest BCUT2D eigenvalue weighted by Crippen LogP contribution is -2.07. The molecule has 1 N–H and O–H groups in total. The fourth-order valence-corrected chi connectivity index (χ4v) is 2.40. The monoisotopic (exact) mass is 271 g/mol. The Kier molecular flexibility index (Phi) is 4.48. The number of aromatic nitrogens is 2. The van der Waals surface area contributed by atoms with Gasteiger partial charge in [-0.2, -0.15) is 5.10 Å². The molecule has 2 rings (SSSR count). The molecule has 3 heteroatoms. The van der Waals surface area contributed by atoms with Crippen molar-refractivity contribution in [3.63, 3.8) is 0 Å². The Bertz CT molecular complexity index is 552. The van der Waals surface area contributed by atoms with Crippen molar-refractivity contribution in [1.29, 1.82) is 0 Å². The second-order valence-corrected chi connectivity index (χ2v) is 5.70. The average Bonchev–Trinajstić information content (AvgIpc) is 2.78. The van der Waals surface area contributed by atoms with Crippen LogP contribution in [0.2, 0.25) is 0 Å². The van der Waals surface area contributed by atoms with E-state index in [0.29, 0.717) is 5.92 Å². The van der Waals surface area contributed by atoms with Crippen LogP contribution in [-0.2, 0) is 13.5 Å². The van der Waals surface area contributed by atoms with Crippen LogP contribution in [0.1, 0.15) is 56.5 Å². The molecule has 0 radical (unpaired) electrons. The summed E-state index contributed by atoms with van der Waals surface area (Å²) < 4.78 is 1.87. The normalized spacial score (nSPS) is 12.7. The van der Waals surface area contributed by atoms with Gasteiger partial charge in [0, 0.05) is 19.3 Å². The SMILES string of the molecule is CCc1nn(C)cc1NC(C)c1ccc(C(C)C)cc1. The number of nitrogens with zero attached hydrogens (tertiary/aromatic N) is 2. The highest BCUT2D eigenvalue weighted by Crippen LogP contribution is 2.23. The Morgan fingerprint density at radius 1 is 1.10 bits per heavy atom. The van der Waals surface area contributed by atoms with Gasteiger partial charge in [-0.25, -0.2) is 0 Å². The van der Waals surface area contributed by atoms with Gasteiger partial charge in [-0.05, 0) is 30.4 Å². The van der Waals surface area contributed by atoms with Crippen molar-refractivity contribution in [1.82, 2.24) is 9.78 Å². The molecule has 1 aromatic heterocycles. The lowest BCUT2D eigenvalue weighted by atomic mass is 9.99. The zero-order valence-corrected chi connectivity index (χ0v) is 13.1. The van der Waals surface area contributed by atoms with Crippen LogP contribution in [0.25, 0.3) is 0 Å². The van der Waals surface area contributed by atoms with Crippen LogP contribution in [0.3, 0.4) is 0 Å². The Morgan fingerprint density at radius 3 is 2.25 bits per heavy atom. The largest absolute Gasteiger partial charge is 0.376 e. The Labute approximate surface area is 122 Å². The predicted molar refractivity (Wildman–Crippen MR) is 85.2 cm³/mol. The standard InChI is InChI=1S/C17H25N3/c1-6-16-17(11-20(5)19-16)18-13(4)15-9-7-14(8-10-15)12(2)3/h7-13,18H,6H2,1-5H3. The van der Waals surface area contributed by atoms with E-state index < -0.39 is 0 Å². The Hall–Kier alpha value is -1.77. The van der Waals surface area contributed by atoms with Gasteiger partial charge < -0.3 is 5.32 Å². The van der Waals surface area contributed by atoms with Crippen LogP contribution >= 0.6 is 0 Å². The van der Waals surface area contributed by atoms with Gasteiger partial charge in [-0.15, -0.1) is 0 Å². The third kappa shape index (κ3) is 3.21. The quantitative estimate of drug-likeness (QED) is 0.879. The second-order valence-electron chi connectivity index (χ2n) is 5.70. The molecule has 0 spiro atoms. The number of hydrogen-bond donors (Lipinski definition) is 1. The highest BCUT2D eigenvalue weighted by molar-refractivity contribution is 5.48. The molecule has 0 amide bonds. The minimum atomic E-state index is 0.283. The van der Waals surface area contributed by atoms with Crippen LogP contribution in [-0.4, -0.2) is 9.78 Å². The fourth-order valence-electron chi connectivity index (χ4n) is 2.40. The maximum Gasteiger partial charge on any atom is 0.0853 e. The first-order valence-corrected chi connectivity index (χ1v) is 7.40. The first-order chi connectivity index (χ1) is 9.51. The summed E-state index contributed by atoms with van der Waals surface area (Å²) in [7, 11) is 1.96. The first-order valence-electron chi connectivity index (χ1n) is 7.40. The molecule has 1 heterocycles. The van der Waals surface area contributed by atoms with Crippen molar-refractivity contribution >= 4 is 5.69 Å². The maximum absolute atomic E-state index is 4.47. The molecular weight excluding hydrogens is 246 g/mol. The second kappa shape index (κ2) is 6.12. The minimum Gasteiger partial charge on any atom is -0.376 e. The van der Waals surface area contributed by atoms with Crippen LogP contribution in [0.5, 0.6) is 0 Å². The van der Waals surface area contributed by atoms with E-state index in [9.17, 15) is 0 Å². The van der Waals surface area contributed by atoms with E-state index in [4.69, 9.17) is 0 Å². The van der Waals surface area contributed by atoms with E-state index in [-0.39, 0.29) is 6.04 Å². The molecule has 0 saturated heterocycles.